The molecule has 0 aliphatic heterocycles. The van der Waals surface area contributed by atoms with Gasteiger partial charge in [-0.25, -0.2) is 8.78 Å². The average molecular weight is 320 g/mol. The van der Waals surface area contributed by atoms with Crippen LogP contribution in [0.2, 0.25) is 0 Å². The zero-order chi connectivity index (χ0) is 16.7. The third-order valence-electron chi connectivity index (χ3n) is 3.20. The number of nitrogens with one attached hydrogen (secondary N) is 1. The summed E-state index contributed by atoms with van der Waals surface area (Å²) >= 11 is 0. The summed E-state index contributed by atoms with van der Waals surface area (Å²) in [6, 6.07) is 15.3. The van der Waals surface area contributed by atoms with Crippen molar-refractivity contribution in [3.05, 3.63) is 65.7 Å². The lowest BCUT2D eigenvalue weighted by Crippen LogP contribution is -2.33. The van der Waals surface area contributed by atoms with Crippen molar-refractivity contribution in [2.24, 2.45) is 5.73 Å². The Kier molecular flexibility index (Phi) is 6.05. The van der Waals surface area contributed by atoms with Gasteiger partial charge in [-0.3, -0.25) is 10.1 Å². The second kappa shape index (κ2) is 8.24. The van der Waals surface area contributed by atoms with Crippen LogP contribution in [-0.2, 0) is 11.3 Å². The van der Waals surface area contributed by atoms with Crippen LogP contribution in [0.3, 0.4) is 0 Å². The lowest BCUT2D eigenvalue weighted by Gasteiger charge is -2.16. The Hall–Kier alpha value is -2.47. The quantitative estimate of drug-likeness (QED) is 0.786. The predicted molar refractivity (Wildman–Crippen MR) is 83.2 cm³/mol. The molecule has 1 amide bonds. The molecular weight excluding hydrogens is 302 g/mol. The first-order valence-corrected chi connectivity index (χ1v) is 7.14. The molecule has 2 aromatic rings. The molecule has 4 nitrogen and oxygen atoms in total. The van der Waals surface area contributed by atoms with E-state index >= 15 is 0 Å². The number of ether oxygens (including phenoxy) is 1. The molecule has 1 atom stereocenters. The van der Waals surface area contributed by atoms with E-state index in [9.17, 15) is 13.6 Å². The number of rotatable bonds is 8. The zero-order valence-electron chi connectivity index (χ0n) is 12.4. The van der Waals surface area contributed by atoms with Crippen molar-refractivity contribution in [2.45, 2.75) is 19.0 Å². The fraction of sp³-hybridized carbons (Fsp3) is 0.235. The van der Waals surface area contributed by atoms with E-state index in [2.05, 4.69) is 5.32 Å². The van der Waals surface area contributed by atoms with Gasteiger partial charge in [-0.05, 0) is 23.3 Å². The average Bonchev–Trinajstić information content (AvgIpc) is 2.54. The van der Waals surface area contributed by atoms with E-state index in [1.54, 1.807) is 18.2 Å². The molecule has 0 bridgehead atoms. The van der Waals surface area contributed by atoms with E-state index in [0.717, 1.165) is 11.1 Å². The number of carbonyl (C=O) groups excluding carboxylic acids is 1. The molecule has 0 aromatic heterocycles. The Morgan fingerprint density at radius 2 is 1.87 bits per heavy atom. The van der Waals surface area contributed by atoms with Crippen LogP contribution < -0.4 is 15.8 Å². The Balaban J connectivity index is 2.01. The first kappa shape index (κ1) is 16.9. The number of amides is 1. The molecule has 0 fully saturated rings. The van der Waals surface area contributed by atoms with E-state index in [0.29, 0.717) is 12.3 Å². The van der Waals surface area contributed by atoms with Crippen molar-refractivity contribution in [1.29, 1.82) is 0 Å². The predicted octanol–water partition coefficient (Wildman–Crippen LogP) is 2.65. The van der Waals surface area contributed by atoms with Crippen LogP contribution in [0.4, 0.5) is 8.78 Å². The molecule has 0 aliphatic carbocycles. The molecule has 0 saturated carbocycles. The van der Waals surface area contributed by atoms with Crippen molar-refractivity contribution < 1.29 is 18.3 Å². The number of halogens is 2. The van der Waals surface area contributed by atoms with Crippen LogP contribution in [-0.4, -0.2) is 18.9 Å². The molecule has 0 heterocycles. The molecule has 2 aromatic carbocycles. The smallest absolute Gasteiger partial charge is 0.272 e. The third-order valence-corrected chi connectivity index (χ3v) is 3.20. The highest BCUT2D eigenvalue weighted by molar-refractivity contribution is 5.81. The highest BCUT2D eigenvalue weighted by atomic mass is 19.3. The molecule has 6 heteroatoms. The number of primary amides is 1. The number of benzene rings is 2. The van der Waals surface area contributed by atoms with Crippen LogP contribution >= 0.6 is 0 Å². The third kappa shape index (κ3) is 5.34. The minimum atomic E-state index is -2.52. The highest BCUT2D eigenvalue weighted by Crippen LogP contribution is 2.16. The van der Waals surface area contributed by atoms with E-state index in [1.807, 2.05) is 36.4 Å². The van der Waals surface area contributed by atoms with Gasteiger partial charge in [-0.15, -0.1) is 0 Å². The largest absolute Gasteiger partial charge is 0.488 e. The molecule has 0 spiro atoms. The summed E-state index contributed by atoms with van der Waals surface area (Å²) < 4.78 is 29.3. The Morgan fingerprint density at radius 3 is 2.52 bits per heavy atom. The minimum absolute atomic E-state index is 0.356. The molecule has 23 heavy (non-hydrogen) atoms. The Labute approximate surface area is 133 Å². The number of hydrogen-bond acceptors (Lipinski definition) is 3. The molecule has 122 valence electrons. The summed E-state index contributed by atoms with van der Waals surface area (Å²) in [7, 11) is 0. The van der Waals surface area contributed by atoms with Gasteiger partial charge in [0.25, 0.3) is 6.43 Å². The van der Waals surface area contributed by atoms with Gasteiger partial charge < -0.3 is 10.5 Å². The number of nitrogens with two attached hydrogens (primary N) is 1. The zero-order valence-corrected chi connectivity index (χ0v) is 12.4. The molecule has 0 radical (unpaired) electrons. The lowest BCUT2D eigenvalue weighted by atomic mass is 10.1. The standard InChI is InChI=1S/C17H18F2N2O2/c18-15(19)11-23-14-8-4-5-12(9-14)10-21-16(17(20)22)13-6-2-1-3-7-13/h1-9,15-16,21H,10-11H2,(H2,20,22)/t16-/m1/s1. The van der Waals surface area contributed by atoms with E-state index < -0.39 is 25.0 Å². The molecule has 3 N–H and O–H groups in total. The maximum Gasteiger partial charge on any atom is 0.272 e. The fourth-order valence-corrected chi connectivity index (χ4v) is 2.15. The van der Waals surface area contributed by atoms with E-state index in [-0.39, 0.29) is 0 Å². The van der Waals surface area contributed by atoms with Crippen LogP contribution in [0.25, 0.3) is 0 Å². The maximum atomic E-state index is 12.2. The van der Waals surface area contributed by atoms with E-state index in [4.69, 9.17) is 10.5 Å². The SMILES string of the molecule is NC(=O)[C@H](NCc1cccc(OCC(F)F)c1)c1ccccc1. The number of carbonyl (C=O) groups is 1. The molecule has 2 rings (SSSR count). The maximum absolute atomic E-state index is 12.2. The first-order chi connectivity index (χ1) is 11.1. The minimum Gasteiger partial charge on any atom is -0.488 e. The summed E-state index contributed by atoms with van der Waals surface area (Å²) in [6.07, 6.45) is -2.52. The highest BCUT2D eigenvalue weighted by Gasteiger charge is 2.16. The van der Waals surface area contributed by atoms with Gasteiger partial charge in [0, 0.05) is 6.54 Å². The summed E-state index contributed by atoms with van der Waals surface area (Å²) in [5.74, 6) is -0.124. The van der Waals surface area contributed by atoms with Crippen LogP contribution in [0, 0.1) is 0 Å². The topological polar surface area (TPSA) is 64.4 Å². The van der Waals surface area contributed by atoms with Crippen molar-refractivity contribution in [1.82, 2.24) is 5.32 Å². The van der Waals surface area contributed by atoms with Gasteiger partial charge >= 0.3 is 0 Å². The van der Waals surface area contributed by atoms with Gasteiger partial charge in [-0.2, -0.15) is 0 Å². The monoisotopic (exact) mass is 320 g/mol. The van der Waals surface area contributed by atoms with Crippen molar-refractivity contribution in [2.75, 3.05) is 6.61 Å². The van der Waals surface area contributed by atoms with Crippen LogP contribution in [0.15, 0.2) is 54.6 Å². The second-order valence-electron chi connectivity index (χ2n) is 4.98. The Morgan fingerprint density at radius 1 is 1.13 bits per heavy atom. The van der Waals surface area contributed by atoms with Gasteiger partial charge in [0.2, 0.25) is 5.91 Å². The van der Waals surface area contributed by atoms with Crippen LogP contribution in [0.1, 0.15) is 17.2 Å². The molecule has 0 aliphatic rings. The first-order valence-electron chi connectivity index (χ1n) is 7.14. The van der Waals surface area contributed by atoms with Crippen molar-refractivity contribution in [3.63, 3.8) is 0 Å². The number of alkyl halides is 2. The Bertz CT molecular complexity index is 636. The number of hydrogen-bond donors (Lipinski definition) is 2. The normalized spacial score (nSPS) is 12.1. The van der Waals surface area contributed by atoms with Crippen molar-refractivity contribution in [3.8, 4) is 5.75 Å². The van der Waals surface area contributed by atoms with Gasteiger partial charge in [-0.1, -0.05) is 42.5 Å². The molecular formula is C17H18F2N2O2. The lowest BCUT2D eigenvalue weighted by molar-refractivity contribution is -0.120. The summed E-state index contributed by atoms with van der Waals surface area (Å²) in [5, 5.41) is 3.07. The van der Waals surface area contributed by atoms with Gasteiger partial charge in [0.05, 0.1) is 0 Å². The summed E-state index contributed by atoms with van der Waals surface area (Å²) in [6.45, 7) is -0.292. The summed E-state index contributed by atoms with van der Waals surface area (Å²) in [5.41, 5.74) is 7.01. The van der Waals surface area contributed by atoms with Crippen molar-refractivity contribution >= 4 is 5.91 Å². The second-order valence-corrected chi connectivity index (χ2v) is 4.98. The summed E-state index contributed by atoms with van der Waals surface area (Å²) in [4.78, 5) is 11.6. The van der Waals surface area contributed by atoms with E-state index in [1.165, 1.54) is 0 Å². The fourth-order valence-electron chi connectivity index (χ4n) is 2.15. The molecule has 0 saturated heterocycles. The van der Waals surface area contributed by atoms with Crippen LogP contribution in [0.5, 0.6) is 5.75 Å². The molecule has 0 unspecified atom stereocenters. The van der Waals surface area contributed by atoms with Gasteiger partial charge in [0.15, 0.2) is 0 Å². The van der Waals surface area contributed by atoms with Gasteiger partial charge in [0.1, 0.15) is 18.4 Å².